The topological polar surface area (TPSA) is 92.2 Å². The molecule has 0 aliphatic heterocycles. The van der Waals surface area contributed by atoms with Crippen molar-refractivity contribution in [2.24, 2.45) is 0 Å². The van der Waals surface area contributed by atoms with Gasteiger partial charge in [0.2, 0.25) is 11.8 Å². The first-order valence-electron chi connectivity index (χ1n) is 9.43. The number of nitrogens with one attached hydrogen (secondary N) is 2. The highest BCUT2D eigenvalue weighted by atomic mass is 32.1. The van der Waals surface area contributed by atoms with Crippen LogP contribution in [0.4, 0.5) is 0 Å². The minimum absolute atomic E-state index is 0.00302. The minimum atomic E-state index is -0.207. The maximum absolute atomic E-state index is 12.1. The number of carbonyl (C=O) groups excluding carboxylic acids is 2. The SMILES string of the molecule is CCOc1ccc(-c2n[nH]c(=S)n2CCC(=O)NCC(=O)N(CC)CC)cc1. The average molecular weight is 406 g/mol. The van der Waals surface area contributed by atoms with Gasteiger partial charge in [0.05, 0.1) is 13.2 Å². The predicted octanol–water partition coefficient (Wildman–Crippen LogP) is 2.38. The molecule has 0 fully saturated rings. The third kappa shape index (κ3) is 5.66. The molecule has 1 aromatic heterocycles. The van der Waals surface area contributed by atoms with Crippen LogP contribution in [0.5, 0.6) is 5.75 Å². The second-order valence-electron chi connectivity index (χ2n) is 6.05. The van der Waals surface area contributed by atoms with Crippen molar-refractivity contribution >= 4 is 24.0 Å². The zero-order chi connectivity index (χ0) is 20.5. The summed E-state index contributed by atoms with van der Waals surface area (Å²) in [5, 5.41) is 9.71. The van der Waals surface area contributed by atoms with Crippen molar-refractivity contribution in [2.45, 2.75) is 33.7 Å². The Morgan fingerprint density at radius 3 is 2.50 bits per heavy atom. The first kappa shape index (κ1) is 21.6. The lowest BCUT2D eigenvalue weighted by Crippen LogP contribution is -2.40. The molecule has 0 saturated heterocycles. The monoisotopic (exact) mass is 405 g/mol. The largest absolute Gasteiger partial charge is 0.494 e. The first-order chi connectivity index (χ1) is 13.5. The lowest BCUT2D eigenvalue weighted by Gasteiger charge is -2.18. The minimum Gasteiger partial charge on any atom is -0.494 e. The molecule has 0 atom stereocenters. The number of aromatic nitrogens is 3. The summed E-state index contributed by atoms with van der Waals surface area (Å²) in [6.07, 6.45) is 0.198. The van der Waals surface area contributed by atoms with Crippen LogP contribution in [-0.4, -0.2) is 57.7 Å². The molecule has 1 aromatic carbocycles. The molecule has 0 aliphatic carbocycles. The summed E-state index contributed by atoms with van der Waals surface area (Å²) in [4.78, 5) is 25.8. The van der Waals surface area contributed by atoms with Crippen LogP contribution in [0.2, 0.25) is 0 Å². The molecule has 2 amide bonds. The van der Waals surface area contributed by atoms with Gasteiger partial charge < -0.3 is 15.0 Å². The van der Waals surface area contributed by atoms with Crippen LogP contribution in [0.25, 0.3) is 11.4 Å². The fourth-order valence-corrected chi connectivity index (χ4v) is 3.00. The Hall–Kier alpha value is -2.68. The average Bonchev–Trinajstić information content (AvgIpc) is 3.07. The van der Waals surface area contributed by atoms with Crippen LogP contribution in [0.15, 0.2) is 24.3 Å². The summed E-state index contributed by atoms with van der Waals surface area (Å²) in [6.45, 7) is 7.97. The normalized spacial score (nSPS) is 10.5. The van der Waals surface area contributed by atoms with E-state index in [0.717, 1.165) is 11.3 Å². The Morgan fingerprint density at radius 1 is 1.21 bits per heavy atom. The number of carbonyl (C=O) groups is 2. The molecule has 8 nitrogen and oxygen atoms in total. The van der Waals surface area contributed by atoms with Gasteiger partial charge in [0.1, 0.15) is 5.75 Å². The van der Waals surface area contributed by atoms with Gasteiger partial charge in [-0.1, -0.05) is 0 Å². The van der Waals surface area contributed by atoms with Gasteiger partial charge >= 0.3 is 0 Å². The van der Waals surface area contributed by atoms with Gasteiger partial charge in [-0.05, 0) is 57.3 Å². The van der Waals surface area contributed by atoms with Gasteiger partial charge in [-0.2, -0.15) is 5.10 Å². The van der Waals surface area contributed by atoms with E-state index in [4.69, 9.17) is 17.0 Å². The van der Waals surface area contributed by atoms with E-state index in [-0.39, 0.29) is 24.8 Å². The number of benzene rings is 1. The van der Waals surface area contributed by atoms with Gasteiger partial charge in [-0.3, -0.25) is 19.3 Å². The van der Waals surface area contributed by atoms with Crippen molar-refractivity contribution in [3.05, 3.63) is 29.0 Å². The standard InChI is InChI=1S/C19H27N5O3S/c1-4-23(5-2)17(26)13-20-16(25)11-12-24-18(21-22-19(24)28)14-7-9-15(10-8-14)27-6-3/h7-10H,4-6,11-13H2,1-3H3,(H,20,25)(H,22,28). The summed E-state index contributed by atoms with van der Waals surface area (Å²) in [6, 6.07) is 7.53. The van der Waals surface area contributed by atoms with E-state index >= 15 is 0 Å². The van der Waals surface area contributed by atoms with Crippen molar-refractivity contribution in [3.8, 4) is 17.1 Å². The molecule has 0 unspecified atom stereocenters. The molecule has 0 radical (unpaired) electrons. The number of H-pyrrole nitrogens is 1. The van der Waals surface area contributed by atoms with Crippen LogP contribution >= 0.6 is 12.2 Å². The summed E-state index contributed by atoms with van der Waals surface area (Å²) in [5.74, 6) is 1.14. The molecule has 0 spiro atoms. The summed E-state index contributed by atoms with van der Waals surface area (Å²) in [5.41, 5.74) is 0.868. The molecule has 2 rings (SSSR count). The number of aromatic amines is 1. The lowest BCUT2D eigenvalue weighted by molar-refractivity contribution is -0.132. The third-order valence-electron chi connectivity index (χ3n) is 4.30. The molecule has 28 heavy (non-hydrogen) atoms. The predicted molar refractivity (Wildman–Crippen MR) is 110 cm³/mol. The number of ether oxygens (including phenoxy) is 1. The summed E-state index contributed by atoms with van der Waals surface area (Å²) in [7, 11) is 0. The Balaban J connectivity index is 1.97. The van der Waals surface area contributed by atoms with E-state index in [2.05, 4.69) is 15.5 Å². The van der Waals surface area contributed by atoms with Crippen LogP contribution in [0.1, 0.15) is 27.2 Å². The fraction of sp³-hybridized carbons (Fsp3) is 0.474. The van der Waals surface area contributed by atoms with Crippen molar-refractivity contribution in [1.82, 2.24) is 25.0 Å². The molecule has 0 aliphatic rings. The Kier molecular flexibility index (Phi) is 8.19. The number of amides is 2. The Bertz CT molecular complexity index is 840. The van der Waals surface area contributed by atoms with Crippen molar-refractivity contribution in [2.75, 3.05) is 26.2 Å². The molecular formula is C19H27N5O3S. The zero-order valence-corrected chi connectivity index (χ0v) is 17.3. The second-order valence-corrected chi connectivity index (χ2v) is 6.44. The molecule has 2 aromatic rings. The third-order valence-corrected chi connectivity index (χ3v) is 4.61. The zero-order valence-electron chi connectivity index (χ0n) is 16.5. The van der Waals surface area contributed by atoms with Gasteiger partial charge in [0.25, 0.3) is 0 Å². The van der Waals surface area contributed by atoms with E-state index in [1.54, 1.807) is 9.47 Å². The quantitative estimate of drug-likeness (QED) is 0.592. The van der Waals surface area contributed by atoms with Crippen molar-refractivity contribution < 1.29 is 14.3 Å². The summed E-state index contributed by atoms with van der Waals surface area (Å²) >= 11 is 5.29. The highest BCUT2D eigenvalue weighted by Gasteiger charge is 2.13. The fourth-order valence-electron chi connectivity index (χ4n) is 2.78. The van der Waals surface area contributed by atoms with Crippen molar-refractivity contribution in [3.63, 3.8) is 0 Å². The molecule has 0 bridgehead atoms. The Morgan fingerprint density at radius 2 is 1.89 bits per heavy atom. The number of rotatable bonds is 10. The van der Waals surface area contributed by atoms with Gasteiger partial charge in [-0.25, -0.2) is 0 Å². The molecular weight excluding hydrogens is 378 g/mol. The van der Waals surface area contributed by atoms with E-state index in [0.29, 0.717) is 36.8 Å². The van der Waals surface area contributed by atoms with Crippen LogP contribution in [0, 0.1) is 4.77 Å². The van der Waals surface area contributed by atoms with Gasteiger partial charge in [0.15, 0.2) is 10.6 Å². The highest BCUT2D eigenvalue weighted by molar-refractivity contribution is 7.71. The molecule has 2 N–H and O–H groups in total. The molecule has 152 valence electrons. The van der Waals surface area contributed by atoms with Crippen LogP contribution < -0.4 is 10.1 Å². The number of hydrogen-bond acceptors (Lipinski definition) is 5. The van der Waals surface area contributed by atoms with Gasteiger partial charge in [-0.15, -0.1) is 0 Å². The maximum Gasteiger partial charge on any atom is 0.241 e. The van der Waals surface area contributed by atoms with E-state index in [1.165, 1.54) is 0 Å². The van der Waals surface area contributed by atoms with E-state index < -0.39 is 0 Å². The van der Waals surface area contributed by atoms with E-state index in [9.17, 15) is 9.59 Å². The van der Waals surface area contributed by atoms with Crippen LogP contribution in [-0.2, 0) is 16.1 Å². The van der Waals surface area contributed by atoms with E-state index in [1.807, 2.05) is 45.0 Å². The smallest absolute Gasteiger partial charge is 0.241 e. The number of nitrogens with zero attached hydrogens (tertiary/aromatic N) is 3. The van der Waals surface area contributed by atoms with Gasteiger partial charge in [0, 0.05) is 31.6 Å². The second kappa shape index (κ2) is 10.6. The molecule has 1 heterocycles. The highest BCUT2D eigenvalue weighted by Crippen LogP contribution is 2.21. The van der Waals surface area contributed by atoms with Crippen molar-refractivity contribution in [1.29, 1.82) is 0 Å². The molecule has 9 heteroatoms. The number of hydrogen-bond donors (Lipinski definition) is 2. The Labute approximate surface area is 169 Å². The van der Waals surface area contributed by atoms with Crippen LogP contribution in [0.3, 0.4) is 0 Å². The first-order valence-corrected chi connectivity index (χ1v) is 9.83. The lowest BCUT2D eigenvalue weighted by atomic mass is 10.2. The molecule has 0 saturated carbocycles. The maximum atomic E-state index is 12.1. The summed E-state index contributed by atoms with van der Waals surface area (Å²) < 4.78 is 7.67. The number of likely N-dealkylation sites (N-methyl/N-ethyl adjacent to an activating group) is 1.